The number of rotatable bonds is 8. The molecule has 0 saturated carbocycles. The van der Waals surface area contributed by atoms with Crippen LogP contribution >= 0.6 is 0 Å². The Kier molecular flexibility index (Phi) is 6.07. The smallest absolute Gasteiger partial charge is 0.212 e. The number of hydrogen-bond donors (Lipinski definition) is 2. The Hall–Kier alpha value is -1.02. The van der Waals surface area contributed by atoms with E-state index in [0.717, 1.165) is 5.69 Å². The van der Waals surface area contributed by atoms with Crippen molar-refractivity contribution in [3.63, 3.8) is 0 Å². The Bertz CT molecular complexity index is 501. The van der Waals surface area contributed by atoms with Gasteiger partial charge >= 0.3 is 0 Å². The maximum Gasteiger partial charge on any atom is 0.212 e. The molecule has 1 aromatic heterocycles. The highest BCUT2D eigenvalue weighted by molar-refractivity contribution is 7.89. The van der Waals surface area contributed by atoms with Gasteiger partial charge in [0.2, 0.25) is 10.0 Å². The van der Waals surface area contributed by atoms with Crippen molar-refractivity contribution in [2.45, 2.75) is 18.9 Å². The van der Waals surface area contributed by atoms with Crippen molar-refractivity contribution in [3.8, 4) is 0 Å². The van der Waals surface area contributed by atoms with Crippen molar-refractivity contribution < 1.29 is 13.5 Å². The number of nitrogens with zero attached hydrogens (tertiary/aromatic N) is 2. The number of sulfonamides is 1. The summed E-state index contributed by atoms with van der Waals surface area (Å²) in [5.41, 5.74) is -0.361. The van der Waals surface area contributed by atoms with Crippen LogP contribution in [0.15, 0.2) is 24.4 Å². The number of nitrogens with one attached hydrogen (secondary N) is 1. The number of likely N-dealkylation sites (N-methyl/N-ethyl adjacent to an activating group) is 1. The molecule has 0 aliphatic rings. The molecule has 6 nitrogen and oxygen atoms in total. The van der Waals surface area contributed by atoms with Crippen molar-refractivity contribution in [2.75, 3.05) is 32.9 Å². The van der Waals surface area contributed by atoms with Crippen LogP contribution in [0.1, 0.15) is 12.6 Å². The lowest BCUT2D eigenvalue weighted by atomic mass is 10.1. The fourth-order valence-corrected chi connectivity index (χ4v) is 3.01. The van der Waals surface area contributed by atoms with Gasteiger partial charge in [-0.15, -0.1) is 0 Å². The van der Waals surface area contributed by atoms with Crippen LogP contribution in [0.3, 0.4) is 0 Å². The molecule has 7 heteroatoms. The molecule has 0 saturated heterocycles. The summed E-state index contributed by atoms with van der Waals surface area (Å²) in [6.07, 6.45) is 1.99. The van der Waals surface area contributed by atoms with Crippen LogP contribution in [0.4, 0.5) is 0 Å². The summed E-state index contributed by atoms with van der Waals surface area (Å²) in [4.78, 5) is 5.89. The molecule has 2 N–H and O–H groups in total. The van der Waals surface area contributed by atoms with Crippen LogP contribution in [0.5, 0.6) is 0 Å². The van der Waals surface area contributed by atoms with E-state index in [1.165, 1.54) is 0 Å². The van der Waals surface area contributed by atoms with Crippen LogP contribution in [-0.2, 0) is 16.4 Å². The molecular formula is C13H23N3O3S. The standard InChI is InChI=1S/C13H23N3O3S/c1-13(17,11-16(2)3)10-15-20(18,19)9-7-12-6-4-5-8-14-12/h4-6,8,15,17H,7,9-11H2,1-3H3. The zero-order valence-corrected chi connectivity index (χ0v) is 13.0. The van der Waals surface area contributed by atoms with E-state index in [1.807, 2.05) is 25.1 Å². The Labute approximate surface area is 120 Å². The molecule has 0 aliphatic heterocycles. The third-order valence-corrected chi connectivity index (χ3v) is 4.01. The van der Waals surface area contributed by atoms with E-state index >= 15 is 0 Å². The Morgan fingerprint density at radius 1 is 1.40 bits per heavy atom. The summed E-state index contributed by atoms with van der Waals surface area (Å²) >= 11 is 0. The minimum absolute atomic E-state index is 0.00423. The second-order valence-corrected chi connectivity index (χ2v) is 7.37. The van der Waals surface area contributed by atoms with Gasteiger partial charge in [-0.2, -0.15) is 0 Å². The molecule has 0 aliphatic carbocycles. The Morgan fingerprint density at radius 2 is 2.10 bits per heavy atom. The van der Waals surface area contributed by atoms with E-state index in [1.54, 1.807) is 25.3 Å². The molecule has 0 radical (unpaired) electrons. The first-order valence-electron chi connectivity index (χ1n) is 6.45. The van der Waals surface area contributed by atoms with Crippen LogP contribution < -0.4 is 4.72 Å². The summed E-state index contributed by atoms with van der Waals surface area (Å²) < 4.78 is 26.2. The van der Waals surface area contributed by atoms with Gasteiger partial charge in [0.15, 0.2) is 0 Å². The van der Waals surface area contributed by atoms with Gasteiger partial charge in [0, 0.05) is 31.4 Å². The van der Waals surface area contributed by atoms with Gasteiger partial charge in [-0.1, -0.05) is 6.07 Å². The van der Waals surface area contributed by atoms with Crippen molar-refractivity contribution >= 4 is 10.0 Å². The predicted octanol–water partition coefficient (Wildman–Crippen LogP) is -0.144. The van der Waals surface area contributed by atoms with E-state index in [2.05, 4.69) is 9.71 Å². The largest absolute Gasteiger partial charge is 0.387 e. The zero-order chi connectivity index (χ0) is 15.2. The van der Waals surface area contributed by atoms with Gasteiger partial charge in [0.1, 0.15) is 0 Å². The van der Waals surface area contributed by atoms with Gasteiger partial charge in [-0.05, 0) is 33.2 Å². The lowest BCUT2D eigenvalue weighted by Crippen LogP contribution is -2.47. The number of aliphatic hydroxyl groups is 1. The molecule has 0 aromatic carbocycles. The molecular weight excluding hydrogens is 278 g/mol. The number of aromatic nitrogens is 1. The van der Waals surface area contributed by atoms with E-state index < -0.39 is 15.6 Å². The zero-order valence-electron chi connectivity index (χ0n) is 12.2. The molecule has 1 heterocycles. The first-order chi connectivity index (χ1) is 9.20. The van der Waals surface area contributed by atoms with Gasteiger partial charge in [0.25, 0.3) is 0 Å². The molecule has 114 valence electrons. The van der Waals surface area contributed by atoms with Gasteiger partial charge in [-0.25, -0.2) is 13.1 Å². The van der Waals surface area contributed by atoms with Crippen LogP contribution in [-0.4, -0.2) is 61.9 Å². The van der Waals surface area contributed by atoms with Crippen LogP contribution in [0.2, 0.25) is 0 Å². The average molecular weight is 301 g/mol. The fourth-order valence-electron chi connectivity index (χ4n) is 1.86. The SMILES string of the molecule is CN(C)CC(C)(O)CNS(=O)(=O)CCc1ccccn1. The Morgan fingerprint density at radius 3 is 2.65 bits per heavy atom. The van der Waals surface area contributed by atoms with Crippen molar-refractivity contribution in [3.05, 3.63) is 30.1 Å². The molecule has 1 atom stereocenters. The molecule has 0 spiro atoms. The van der Waals surface area contributed by atoms with Crippen LogP contribution in [0, 0.1) is 0 Å². The van der Waals surface area contributed by atoms with Gasteiger partial charge in [-0.3, -0.25) is 4.98 Å². The maximum atomic E-state index is 11.9. The molecule has 1 unspecified atom stereocenters. The monoisotopic (exact) mass is 301 g/mol. The average Bonchev–Trinajstić information content (AvgIpc) is 2.34. The maximum absolute atomic E-state index is 11.9. The van der Waals surface area contributed by atoms with E-state index in [4.69, 9.17) is 0 Å². The summed E-state index contributed by atoms with van der Waals surface area (Å²) in [5.74, 6) is -0.0396. The highest BCUT2D eigenvalue weighted by atomic mass is 32.2. The van der Waals surface area contributed by atoms with E-state index in [-0.39, 0.29) is 12.3 Å². The quantitative estimate of drug-likeness (QED) is 0.698. The third kappa shape index (κ3) is 6.95. The van der Waals surface area contributed by atoms with Crippen LogP contribution in [0.25, 0.3) is 0 Å². The van der Waals surface area contributed by atoms with E-state index in [9.17, 15) is 13.5 Å². The first-order valence-corrected chi connectivity index (χ1v) is 8.10. The normalized spacial score (nSPS) is 15.2. The molecule has 0 fully saturated rings. The summed E-state index contributed by atoms with van der Waals surface area (Å²) in [6.45, 7) is 1.99. The minimum Gasteiger partial charge on any atom is -0.387 e. The highest BCUT2D eigenvalue weighted by Crippen LogP contribution is 2.04. The van der Waals surface area contributed by atoms with Gasteiger partial charge < -0.3 is 10.0 Å². The lowest BCUT2D eigenvalue weighted by molar-refractivity contribution is 0.0386. The van der Waals surface area contributed by atoms with Crippen molar-refractivity contribution in [1.82, 2.24) is 14.6 Å². The molecule has 1 rings (SSSR count). The first kappa shape index (κ1) is 17.0. The molecule has 0 amide bonds. The summed E-state index contributed by atoms with van der Waals surface area (Å²) in [7, 11) is 0.230. The highest BCUT2D eigenvalue weighted by Gasteiger charge is 2.24. The predicted molar refractivity (Wildman–Crippen MR) is 78.9 cm³/mol. The molecule has 20 heavy (non-hydrogen) atoms. The number of aryl methyl sites for hydroxylation is 1. The van der Waals surface area contributed by atoms with Gasteiger partial charge in [0.05, 0.1) is 11.4 Å². The lowest BCUT2D eigenvalue weighted by Gasteiger charge is -2.27. The second kappa shape index (κ2) is 7.12. The molecule has 1 aromatic rings. The van der Waals surface area contributed by atoms with Crippen molar-refractivity contribution in [1.29, 1.82) is 0 Å². The Balaban J connectivity index is 2.46. The topological polar surface area (TPSA) is 82.5 Å². The summed E-state index contributed by atoms with van der Waals surface area (Å²) in [5, 5.41) is 10.1. The third-order valence-electron chi connectivity index (χ3n) is 2.68. The number of pyridine rings is 1. The second-order valence-electron chi connectivity index (χ2n) is 5.45. The van der Waals surface area contributed by atoms with Crippen molar-refractivity contribution in [2.24, 2.45) is 0 Å². The summed E-state index contributed by atoms with van der Waals surface area (Å²) in [6, 6.07) is 5.40. The van der Waals surface area contributed by atoms with E-state index in [0.29, 0.717) is 13.0 Å². The fraction of sp³-hybridized carbons (Fsp3) is 0.615. The number of hydrogen-bond acceptors (Lipinski definition) is 5. The minimum atomic E-state index is -3.42. The molecule has 0 bridgehead atoms.